The van der Waals surface area contributed by atoms with Crippen molar-refractivity contribution < 1.29 is 13.2 Å². The van der Waals surface area contributed by atoms with Crippen LogP contribution in [0.3, 0.4) is 0 Å². The van der Waals surface area contributed by atoms with Gasteiger partial charge in [0.2, 0.25) is 0 Å². The second-order valence-corrected chi connectivity index (χ2v) is 6.59. The summed E-state index contributed by atoms with van der Waals surface area (Å²) in [5.41, 5.74) is 0.869. The predicted octanol–water partition coefficient (Wildman–Crippen LogP) is 2.26. The molecule has 0 fully saturated rings. The summed E-state index contributed by atoms with van der Waals surface area (Å²) in [6.07, 6.45) is 0. The third-order valence-electron chi connectivity index (χ3n) is 2.23. The molecule has 4 nitrogen and oxygen atoms in total. The normalized spacial score (nSPS) is 11.1. The monoisotopic (exact) mass is 287 g/mol. The van der Waals surface area contributed by atoms with Gasteiger partial charge in [-0.1, -0.05) is 24.3 Å². The van der Waals surface area contributed by atoms with E-state index >= 15 is 0 Å². The lowest BCUT2D eigenvalue weighted by molar-refractivity contribution is 0.0803. The van der Waals surface area contributed by atoms with Crippen LogP contribution in [-0.2, 0) is 9.05 Å². The molecule has 0 bridgehead atoms. The van der Waals surface area contributed by atoms with Crippen molar-refractivity contribution in [3.05, 3.63) is 42.0 Å². The Balaban J connectivity index is 3.18. The van der Waals surface area contributed by atoms with Crippen LogP contribution in [0, 0.1) is 0 Å². The number of benzene rings is 1. The van der Waals surface area contributed by atoms with Gasteiger partial charge in [0, 0.05) is 24.3 Å². The molecule has 0 aromatic heterocycles. The molecule has 18 heavy (non-hydrogen) atoms. The molecule has 1 aromatic rings. The molecule has 1 aromatic carbocycles. The van der Waals surface area contributed by atoms with Gasteiger partial charge in [-0.25, -0.2) is 8.42 Å². The Morgan fingerprint density at radius 2 is 1.94 bits per heavy atom. The number of carbonyl (C=O) groups is 1. The van der Waals surface area contributed by atoms with Crippen LogP contribution in [0.1, 0.15) is 17.3 Å². The zero-order chi connectivity index (χ0) is 13.9. The number of nitrogens with zero attached hydrogens (tertiary/aromatic N) is 1. The standard InChI is InChI=1S/C12H14ClNO3S/c1-9(2)8-14(3)12(15)10-6-4-5-7-11(10)18(13,16)17/h4-7H,1,8H2,2-3H3. The summed E-state index contributed by atoms with van der Waals surface area (Å²) < 4.78 is 22.8. The van der Waals surface area contributed by atoms with Crippen LogP contribution >= 0.6 is 10.7 Å². The van der Waals surface area contributed by atoms with Crippen LogP contribution in [0.4, 0.5) is 0 Å². The van der Waals surface area contributed by atoms with E-state index in [9.17, 15) is 13.2 Å². The predicted molar refractivity (Wildman–Crippen MR) is 71.3 cm³/mol. The largest absolute Gasteiger partial charge is 0.338 e. The van der Waals surface area contributed by atoms with Gasteiger partial charge in [-0.15, -0.1) is 0 Å². The van der Waals surface area contributed by atoms with Crippen molar-refractivity contribution >= 4 is 25.6 Å². The Labute approximate surface area is 111 Å². The molecule has 0 atom stereocenters. The molecule has 0 radical (unpaired) electrons. The Morgan fingerprint density at radius 3 is 2.44 bits per heavy atom. The number of amides is 1. The Bertz CT molecular complexity index is 581. The smallest absolute Gasteiger partial charge is 0.262 e. The first-order valence-electron chi connectivity index (χ1n) is 5.17. The summed E-state index contributed by atoms with van der Waals surface area (Å²) in [5.74, 6) is -0.405. The second-order valence-electron chi connectivity index (χ2n) is 4.05. The lowest BCUT2D eigenvalue weighted by Crippen LogP contribution is -2.29. The highest BCUT2D eigenvalue weighted by molar-refractivity contribution is 8.13. The lowest BCUT2D eigenvalue weighted by atomic mass is 10.2. The Kier molecular flexibility index (Phi) is 4.53. The summed E-state index contributed by atoms with van der Waals surface area (Å²) in [7, 11) is 2.94. The van der Waals surface area contributed by atoms with Gasteiger partial charge < -0.3 is 4.90 Å². The number of halogens is 1. The molecule has 1 amide bonds. The molecular weight excluding hydrogens is 274 g/mol. The zero-order valence-electron chi connectivity index (χ0n) is 10.2. The van der Waals surface area contributed by atoms with E-state index in [2.05, 4.69) is 6.58 Å². The molecule has 6 heteroatoms. The van der Waals surface area contributed by atoms with Gasteiger partial charge in [-0.05, 0) is 19.1 Å². The number of likely N-dealkylation sites (N-methyl/N-ethyl adjacent to an activating group) is 1. The van der Waals surface area contributed by atoms with Gasteiger partial charge in [-0.2, -0.15) is 0 Å². The van der Waals surface area contributed by atoms with Gasteiger partial charge in [-0.3, -0.25) is 4.79 Å². The van der Waals surface area contributed by atoms with Gasteiger partial charge >= 0.3 is 0 Å². The highest BCUT2D eigenvalue weighted by atomic mass is 35.7. The van der Waals surface area contributed by atoms with E-state index in [1.165, 1.54) is 23.1 Å². The molecule has 98 valence electrons. The maximum Gasteiger partial charge on any atom is 0.262 e. The number of hydrogen-bond donors (Lipinski definition) is 0. The van der Waals surface area contributed by atoms with E-state index in [0.29, 0.717) is 6.54 Å². The third kappa shape index (κ3) is 3.58. The van der Waals surface area contributed by atoms with Crippen LogP contribution in [-0.4, -0.2) is 32.8 Å². The zero-order valence-corrected chi connectivity index (χ0v) is 11.8. The second kappa shape index (κ2) is 5.54. The van der Waals surface area contributed by atoms with Crippen molar-refractivity contribution in [2.45, 2.75) is 11.8 Å². The average Bonchev–Trinajstić information content (AvgIpc) is 2.26. The minimum Gasteiger partial charge on any atom is -0.338 e. The molecule has 0 saturated carbocycles. The molecule has 0 unspecified atom stereocenters. The first-order valence-corrected chi connectivity index (χ1v) is 7.48. The van der Waals surface area contributed by atoms with E-state index in [0.717, 1.165) is 5.57 Å². The summed E-state index contributed by atoms with van der Waals surface area (Å²) in [4.78, 5) is 13.3. The summed E-state index contributed by atoms with van der Waals surface area (Å²) in [6.45, 7) is 5.85. The first-order chi connectivity index (χ1) is 8.23. The van der Waals surface area contributed by atoms with Gasteiger partial charge in [0.15, 0.2) is 0 Å². The Morgan fingerprint density at radius 1 is 1.39 bits per heavy atom. The quantitative estimate of drug-likeness (QED) is 0.630. The topological polar surface area (TPSA) is 54.5 Å². The molecule has 0 heterocycles. The van der Waals surface area contributed by atoms with E-state index < -0.39 is 15.0 Å². The van der Waals surface area contributed by atoms with Crippen molar-refractivity contribution in [1.29, 1.82) is 0 Å². The summed E-state index contributed by atoms with van der Waals surface area (Å²) in [5, 5.41) is 0. The van der Waals surface area contributed by atoms with Crippen LogP contribution in [0.15, 0.2) is 41.3 Å². The number of hydrogen-bond acceptors (Lipinski definition) is 3. The summed E-state index contributed by atoms with van der Waals surface area (Å²) >= 11 is 0. The van der Waals surface area contributed by atoms with Gasteiger partial charge in [0.25, 0.3) is 15.0 Å². The molecule has 0 saturated heterocycles. The number of carbonyl (C=O) groups excluding carboxylic acids is 1. The molecule has 0 N–H and O–H groups in total. The molecule has 0 aliphatic heterocycles. The van der Waals surface area contributed by atoms with E-state index in [1.807, 2.05) is 0 Å². The van der Waals surface area contributed by atoms with Gasteiger partial charge in [0.1, 0.15) is 0 Å². The van der Waals surface area contributed by atoms with Crippen molar-refractivity contribution in [2.75, 3.05) is 13.6 Å². The number of rotatable bonds is 4. The first kappa shape index (κ1) is 14.7. The van der Waals surface area contributed by atoms with Crippen molar-refractivity contribution in [3.63, 3.8) is 0 Å². The SMILES string of the molecule is C=C(C)CN(C)C(=O)c1ccccc1S(=O)(=O)Cl. The fourth-order valence-corrected chi connectivity index (χ4v) is 2.60. The molecule has 0 aliphatic carbocycles. The van der Waals surface area contributed by atoms with Crippen LogP contribution in [0.5, 0.6) is 0 Å². The molecule has 0 aliphatic rings. The molecule has 1 rings (SSSR count). The van der Waals surface area contributed by atoms with Crippen molar-refractivity contribution in [3.8, 4) is 0 Å². The maximum atomic E-state index is 12.1. The highest BCUT2D eigenvalue weighted by Gasteiger charge is 2.22. The fourth-order valence-electron chi connectivity index (χ4n) is 1.54. The molecule has 0 spiro atoms. The minimum atomic E-state index is -3.94. The van der Waals surface area contributed by atoms with Crippen LogP contribution < -0.4 is 0 Å². The fraction of sp³-hybridized carbons (Fsp3) is 0.250. The van der Waals surface area contributed by atoms with E-state index in [4.69, 9.17) is 10.7 Å². The van der Waals surface area contributed by atoms with Crippen LogP contribution in [0.2, 0.25) is 0 Å². The molecular formula is C12H14ClNO3S. The summed E-state index contributed by atoms with van der Waals surface area (Å²) in [6, 6.07) is 5.86. The third-order valence-corrected chi connectivity index (χ3v) is 3.61. The van der Waals surface area contributed by atoms with E-state index in [-0.39, 0.29) is 10.5 Å². The minimum absolute atomic E-state index is 0.0660. The Hall–Kier alpha value is -1.33. The van der Waals surface area contributed by atoms with E-state index in [1.54, 1.807) is 20.0 Å². The van der Waals surface area contributed by atoms with Crippen molar-refractivity contribution in [2.24, 2.45) is 0 Å². The van der Waals surface area contributed by atoms with Crippen molar-refractivity contribution in [1.82, 2.24) is 4.90 Å². The maximum absolute atomic E-state index is 12.1. The average molecular weight is 288 g/mol. The lowest BCUT2D eigenvalue weighted by Gasteiger charge is -2.18. The van der Waals surface area contributed by atoms with Crippen LogP contribution in [0.25, 0.3) is 0 Å². The highest BCUT2D eigenvalue weighted by Crippen LogP contribution is 2.21. The van der Waals surface area contributed by atoms with Gasteiger partial charge in [0.05, 0.1) is 10.5 Å².